The Labute approximate surface area is 93.0 Å². The van der Waals surface area contributed by atoms with Gasteiger partial charge in [-0.3, -0.25) is 4.79 Å². The standard InChI is InChI=1S/C11H14FNO3/c1-16-10-7-8(4-5-9(10)12)13-6-2-3-11(14)15/h4-5,7,13H,2-3,6H2,1H3,(H,14,15). The van der Waals surface area contributed by atoms with Gasteiger partial charge in [0.25, 0.3) is 0 Å². The number of ether oxygens (including phenoxy) is 1. The predicted molar refractivity (Wildman–Crippen MR) is 58.3 cm³/mol. The minimum Gasteiger partial charge on any atom is -0.494 e. The molecule has 0 fully saturated rings. The summed E-state index contributed by atoms with van der Waals surface area (Å²) in [5.41, 5.74) is 0.712. The van der Waals surface area contributed by atoms with E-state index in [0.29, 0.717) is 18.7 Å². The van der Waals surface area contributed by atoms with Crippen LogP contribution in [0.5, 0.6) is 5.75 Å². The van der Waals surface area contributed by atoms with Gasteiger partial charge in [0.05, 0.1) is 7.11 Å². The molecule has 1 aromatic rings. The van der Waals surface area contributed by atoms with Gasteiger partial charge >= 0.3 is 5.97 Å². The first kappa shape index (κ1) is 12.3. The molecular weight excluding hydrogens is 213 g/mol. The van der Waals surface area contributed by atoms with Crippen molar-refractivity contribution in [1.29, 1.82) is 0 Å². The summed E-state index contributed by atoms with van der Waals surface area (Å²) in [6, 6.07) is 4.42. The summed E-state index contributed by atoms with van der Waals surface area (Å²) in [5.74, 6) is -1.07. The van der Waals surface area contributed by atoms with E-state index < -0.39 is 11.8 Å². The van der Waals surface area contributed by atoms with Gasteiger partial charge in [0.1, 0.15) is 0 Å². The van der Waals surface area contributed by atoms with Gasteiger partial charge in [-0.1, -0.05) is 0 Å². The summed E-state index contributed by atoms with van der Waals surface area (Å²) >= 11 is 0. The Bertz CT molecular complexity index is 368. The molecule has 0 bridgehead atoms. The van der Waals surface area contributed by atoms with Crippen LogP contribution in [0, 0.1) is 5.82 Å². The molecule has 1 rings (SSSR count). The van der Waals surface area contributed by atoms with Crippen LogP contribution in [-0.4, -0.2) is 24.7 Å². The highest BCUT2D eigenvalue weighted by Gasteiger charge is 2.03. The number of carbonyl (C=O) groups is 1. The average Bonchev–Trinajstić information content (AvgIpc) is 2.26. The van der Waals surface area contributed by atoms with Crippen LogP contribution in [-0.2, 0) is 4.79 Å². The number of rotatable bonds is 6. The van der Waals surface area contributed by atoms with Crippen LogP contribution in [0.15, 0.2) is 18.2 Å². The van der Waals surface area contributed by atoms with E-state index in [2.05, 4.69) is 5.32 Å². The van der Waals surface area contributed by atoms with Crippen molar-refractivity contribution in [3.05, 3.63) is 24.0 Å². The van der Waals surface area contributed by atoms with Gasteiger partial charge < -0.3 is 15.2 Å². The molecule has 0 aliphatic rings. The highest BCUT2D eigenvalue weighted by Crippen LogP contribution is 2.21. The lowest BCUT2D eigenvalue weighted by atomic mass is 10.2. The molecule has 1 aromatic carbocycles. The van der Waals surface area contributed by atoms with Crippen molar-refractivity contribution in [2.45, 2.75) is 12.8 Å². The van der Waals surface area contributed by atoms with E-state index in [4.69, 9.17) is 9.84 Å². The number of nitrogens with one attached hydrogen (secondary N) is 1. The summed E-state index contributed by atoms with van der Waals surface area (Å²) < 4.78 is 17.9. The number of hydrogen-bond donors (Lipinski definition) is 2. The number of halogens is 1. The van der Waals surface area contributed by atoms with E-state index in [0.717, 1.165) is 0 Å². The molecule has 5 heteroatoms. The number of anilines is 1. The highest BCUT2D eigenvalue weighted by molar-refractivity contribution is 5.66. The van der Waals surface area contributed by atoms with Crippen molar-refractivity contribution in [3.8, 4) is 5.75 Å². The van der Waals surface area contributed by atoms with Gasteiger partial charge in [-0.25, -0.2) is 4.39 Å². The van der Waals surface area contributed by atoms with Crippen LogP contribution >= 0.6 is 0 Å². The van der Waals surface area contributed by atoms with E-state index >= 15 is 0 Å². The second kappa shape index (κ2) is 5.95. The van der Waals surface area contributed by atoms with Crippen molar-refractivity contribution >= 4 is 11.7 Å². The molecule has 0 spiro atoms. The van der Waals surface area contributed by atoms with Crippen LogP contribution in [0.3, 0.4) is 0 Å². The number of carboxylic acids is 1. The van der Waals surface area contributed by atoms with Crippen molar-refractivity contribution < 1.29 is 19.0 Å². The summed E-state index contributed by atoms with van der Waals surface area (Å²) in [4.78, 5) is 10.3. The molecule has 4 nitrogen and oxygen atoms in total. The van der Waals surface area contributed by atoms with Crippen molar-refractivity contribution in [2.75, 3.05) is 19.0 Å². The monoisotopic (exact) mass is 227 g/mol. The molecule has 0 aliphatic heterocycles. The van der Waals surface area contributed by atoms with Crippen molar-refractivity contribution in [1.82, 2.24) is 0 Å². The Morgan fingerprint density at radius 3 is 2.94 bits per heavy atom. The van der Waals surface area contributed by atoms with Crippen molar-refractivity contribution in [2.24, 2.45) is 0 Å². The number of aliphatic carboxylic acids is 1. The van der Waals surface area contributed by atoms with Crippen LogP contribution in [0.25, 0.3) is 0 Å². The van der Waals surface area contributed by atoms with E-state index in [1.165, 1.54) is 19.2 Å². The number of benzene rings is 1. The maximum Gasteiger partial charge on any atom is 0.303 e. The van der Waals surface area contributed by atoms with Crippen molar-refractivity contribution in [3.63, 3.8) is 0 Å². The molecule has 0 saturated carbocycles. The van der Waals surface area contributed by atoms with Crippen LogP contribution in [0.4, 0.5) is 10.1 Å². The molecule has 0 heterocycles. The number of methoxy groups -OCH3 is 1. The summed E-state index contributed by atoms with van der Waals surface area (Å²) in [5, 5.41) is 11.4. The lowest BCUT2D eigenvalue weighted by molar-refractivity contribution is -0.137. The Morgan fingerprint density at radius 1 is 1.56 bits per heavy atom. The fraction of sp³-hybridized carbons (Fsp3) is 0.364. The van der Waals surface area contributed by atoms with Crippen LogP contribution in [0.2, 0.25) is 0 Å². The number of carboxylic acid groups (broad SMARTS) is 1. The molecule has 0 atom stereocenters. The van der Waals surface area contributed by atoms with Gasteiger partial charge in [0.15, 0.2) is 11.6 Å². The van der Waals surface area contributed by atoms with E-state index in [1.807, 2.05) is 0 Å². The maximum absolute atomic E-state index is 13.0. The Morgan fingerprint density at radius 2 is 2.31 bits per heavy atom. The third-order valence-electron chi connectivity index (χ3n) is 2.05. The topological polar surface area (TPSA) is 58.6 Å². The van der Waals surface area contributed by atoms with E-state index in [1.54, 1.807) is 6.07 Å². The maximum atomic E-state index is 13.0. The van der Waals surface area contributed by atoms with Gasteiger partial charge in [-0.05, 0) is 18.6 Å². The first-order valence-electron chi connectivity index (χ1n) is 4.92. The fourth-order valence-electron chi connectivity index (χ4n) is 1.24. The third-order valence-corrected chi connectivity index (χ3v) is 2.05. The quantitative estimate of drug-likeness (QED) is 0.731. The molecule has 0 unspecified atom stereocenters. The molecule has 2 N–H and O–H groups in total. The minimum absolute atomic E-state index is 0.116. The first-order chi connectivity index (χ1) is 7.63. The van der Waals surface area contributed by atoms with Gasteiger partial charge in [-0.2, -0.15) is 0 Å². The second-order valence-corrected chi connectivity index (χ2v) is 3.27. The van der Waals surface area contributed by atoms with E-state index in [9.17, 15) is 9.18 Å². The Kier molecular flexibility index (Phi) is 4.57. The minimum atomic E-state index is -0.821. The van der Waals surface area contributed by atoms with Gasteiger partial charge in [0.2, 0.25) is 0 Å². The van der Waals surface area contributed by atoms with E-state index in [-0.39, 0.29) is 12.2 Å². The molecule has 16 heavy (non-hydrogen) atoms. The smallest absolute Gasteiger partial charge is 0.303 e. The average molecular weight is 227 g/mol. The Hall–Kier alpha value is -1.78. The van der Waals surface area contributed by atoms with Gasteiger partial charge in [0, 0.05) is 24.7 Å². The molecular formula is C11H14FNO3. The number of hydrogen-bond acceptors (Lipinski definition) is 3. The summed E-state index contributed by atoms with van der Waals surface area (Å²) in [6.45, 7) is 0.529. The molecule has 0 aliphatic carbocycles. The lowest BCUT2D eigenvalue weighted by Crippen LogP contribution is -2.05. The molecule has 0 saturated heterocycles. The highest BCUT2D eigenvalue weighted by atomic mass is 19.1. The second-order valence-electron chi connectivity index (χ2n) is 3.27. The lowest BCUT2D eigenvalue weighted by Gasteiger charge is -2.07. The summed E-state index contributed by atoms with van der Waals surface area (Å²) in [7, 11) is 1.40. The SMILES string of the molecule is COc1cc(NCCCC(=O)O)ccc1F. The molecule has 0 amide bonds. The predicted octanol–water partition coefficient (Wildman–Crippen LogP) is 2.11. The van der Waals surface area contributed by atoms with Gasteiger partial charge in [-0.15, -0.1) is 0 Å². The zero-order valence-corrected chi connectivity index (χ0v) is 9.00. The normalized spacial score (nSPS) is 9.88. The first-order valence-corrected chi connectivity index (χ1v) is 4.92. The zero-order chi connectivity index (χ0) is 12.0. The third kappa shape index (κ3) is 3.76. The Balaban J connectivity index is 2.45. The molecule has 0 radical (unpaired) electrons. The fourth-order valence-corrected chi connectivity index (χ4v) is 1.24. The molecule has 88 valence electrons. The van der Waals surface area contributed by atoms with Crippen LogP contribution < -0.4 is 10.1 Å². The molecule has 0 aromatic heterocycles. The summed E-state index contributed by atoms with van der Waals surface area (Å²) in [6.07, 6.45) is 0.639. The largest absolute Gasteiger partial charge is 0.494 e. The van der Waals surface area contributed by atoms with Crippen LogP contribution in [0.1, 0.15) is 12.8 Å². The zero-order valence-electron chi connectivity index (χ0n) is 9.00.